The van der Waals surface area contributed by atoms with E-state index in [1.165, 1.54) is 6.08 Å². The summed E-state index contributed by atoms with van der Waals surface area (Å²) in [6.07, 6.45) is 1.14. The first-order chi connectivity index (χ1) is 6.93. The smallest absolute Gasteiger partial charge is 0.332 e. The van der Waals surface area contributed by atoms with Gasteiger partial charge < -0.3 is 15.3 Å². The average molecular weight is 214 g/mol. The highest BCUT2D eigenvalue weighted by atomic mass is 16.4. The van der Waals surface area contributed by atoms with Crippen molar-refractivity contribution in [2.24, 2.45) is 11.8 Å². The SMILES string of the molecule is O=C(O)CC1CC=C(C(=O)O)C1C(=O)O. The normalized spacial score (nSPS) is 24.7. The van der Waals surface area contributed by atoms with Crippen LogP contribution in [0.25, 0.3) is 0 Å². The Labute approximate surface area is 84.8 Å². The Balaban J connectivity index is 2.85. The van der Waals surface area contributed by atoms with Crippen molar-refractivity contribution in [1.29, 1.82) is 0 Å². The van der Waals surface area contributed by atoms with Gasteiger partial charge in [0.15, 0.2) is 0 Å². The van der Waals surface area contributed by atoms with Crippen molar-refractivity contribution in [3.05, 3.63) is 11.6 Å². The summed E-state index contributed by atoms with van der Waals surface area (Å²) >= 11 is 0. The lowest BCUT2D eigenvalue weighted by atomic mass is 9.88. The van der Waals surface area contributed by atoms with Crippen molar-refractivity contribution >= 4 is 17.9 Å². The van der Waals surface area contributed by atoms with Gasteiger partial charge in [-0.2, -0.15) is 0 Å². The van der Waals surface area contributed by atoms with Gasteiger partial charge in [0.1, 0.15) is 0 Å². The van der Waals surface area contributed by atoms with Crippen molar-refractivity contribution in [1.82, 2.24) is 0 Å². The zero-order valence-electron chi connectivity index (χ0n) is 7.71. The largest absolute Gasteiger partial charge is 0.481 e. The molecule has 0 saturated heterocycles. The van der Waals surface area contributed by atoms with Crippen LogP contribution in [0.5, 0.6) is 0 Å². The van der Waals surface area contributed by atoms with Crippen molar-refractivity contribution < 1.29 is 29.7 Å². The molecular weight excluding hydrogens is 204 g/mol. The third kappa shape index (κ3) is 2.34. The van der Waals surface area contributed by atoms with E-state index in [-0.39, 0.29) is 18.4 Å². The molecule has 2 atom stereocenters. The number of carbonyl (C=O) groups is 3. The van der Waals surface area contributed by atoms with Gasteiger partial charge in [-0.25, -0.2) is 4.79 Å². The molecule has 0 radical (unpaired) electrons. The van der Waals surface area contributed by atoms with Crippen LogP contribution in [0.2, 0.25) is 0 Å². The molecule has 0 bridgehead atoms. The molecule has 0 heterocycles. The van der Waals surface area contributed by atoms with E-state index in [1.54, 1.807) is 0 Å². The van der Waals surface area contributed by atoms with E-state index in [2.05, 4.69) is 0 Å². The molecule has 1 rings (SSSR count). The lowest BCUT2D eigenvalue weighted by Crippen LogP contribution is -2.26. The van der Waals surface area contributed by atoms with Crippen LogP contribution in [0.1, 0.15) is 12.8 Å². The van der Waals surface area contributed by atoms with Gasteiger partial charge in [0, 0.05) is 12.0 Å². The Morgan fingerprint density at radius 1 is 1.27 bits per heavy atom. The van der Waals surface area contributed by atoms with Gasteiger partial charge in [0.2, 0.25) is 0 Å². The number of aliphatic carboxylic acids is 3. The predicted molar refractivity (Wildman–Crippen MR) is 47.2 cm³/mol. The van der Waals surface area contributed by atoms with Gasteiger partial charge in [-0.1, -0.05) is 6.08 Å². The highest BCUT2D eigenvalue weighted by Gasteiger charge is 2.39. The predicted octanol–water partition coefficient (Wildman–Crippen LogP) is 0.193. The minimum Gasteiger partial charge on any atom is -0.481 e. The van der Waals surface area contributed by atoms with Gasteiger partial charge in [-0.05, 0) is 12.3 Å². The molecule has 0 fully saturated rings. The third-order valence-electron chi connectivity index (χ3n) is 2.40. The van der Waals surface area contributed by atoms with Gasteiger partial charge in [-0.15, -0.1) is 0 Å². The van der Waals surface area contributed by atoms with E-state index in [0.29, 0.717) is 0 Å². The number of rotatable bonds is 4. The summed E-state index contributed by atoms with van der Waals surface area (Å²) in [4.78, 5) is 31.9. The number of carboxylic acids is 3. The van der Waals surface area contributed by atoms with E-state index < -0.39 is 29.7 Å². The third-order valence-corrected chi connectivity index (χ3v) is 2.40. The quantitative estimate of drug-likeness (QED) is 0.616. The molecule has 0 saturated carbocycles. The lowest BCUT2D eigenvalue weighted by molar-refractivity contribution is -0.146. The van der Waals surface area contributed by atoms with Crippen LogP contribution in [-0.4, -0.2) is 33.2 Å². The fraction of sp³-hybridized carbons (Fsp3) is 0.444. The van der Waals surface area contributed by atoms with Crippen LogP contribution in [0.3, 0.4) is 0 Å². The molecule has 0 aromatic carbocycles. The molecule has 2 unspecified atom stereocenters. The molecular formula is C9H10O6. The monoisotopic (exact) mass is 214 g/mol. The molecule has 0 amide bonds. The molecule has 1 aliphatic rings. The molecule has 3 N–H and O–H groups in total. The fourth-order valence-electron chi connectivity index (χ4n) is 1.78. The van der Waals surface area contributed by atoms with Crippen LogP contribution in [0.15, 0.2) is 11.6 Å². The van der Waals surface area contributed by atoms with Crippen molar-refractivity contribution in [2.45, 2.75) is 12.8 Å². The maximum atomic E-state index is 10.8. The second-order valence-corrected chi connectivity index (χ2v) is 3.37. The number of carboxylic acid groups (broad SMARTS) is 3. The van der Waals surface area contributed by atoms with Gasteiger partial charge in [-0.3, -0.25) is 9.59 Å². The highest BCUT2D eigenvalue weighted by Crippen LogP contribution is 2.34. The maximum absolute atomic E-state index is 10.8. The Morgan fingerprint density at radius 2 is 1.87 bits per heavy atom. The average Bonchev–Trinajstić information content (AvgIpc) is 2.46. The Bertz CT molecular complexity index is 343. The topological polar surface area (TPSA) is 112 Å². The van der Waals surface area contributed by atoms with Crippen LogP contribution < -0.4 is 0 Å². The first kappa shape index (κ1) is 11.2. The van der Waals surface area contributed by atoms with Gasteiger partial charge in [0.25, 0.3) is 0 Å². The van der Waals surface area contributed by atoms with Crippen molar-refractivity contribution in [3.8, 4) is 0 Å². The number of allylic oxidation sites excluding steroid dienone is 1. The summed E-state index contributed by atoms with van der Waals surface area (Å²) in [6, 6.07) is 0. The second-order valence-electron chi connectivity index (χ2n) is 3.37. The van der Waals surface area contributed by atoms with Crippen LogP contribution in [0.4, 0.5) is 0 Å². The molecule has 1 aliphatic carbocycles. The number of hydrogen-bond acceptors (Lipinski definition) is 3. The van der Waals surface area contributed by atoms with Crippen LogP contribution in [0, 0.1) is 11.8 Å². The summed E-state index contributed by atoms with van der Waals surface area (Å²) < 4.78 is 0. The summed E-state index contributed by atoms with van der Waals surface area (Å²) in [5, 5.41) is 26.1. The Morgan fingerprint density at radius 3 is 2.27 bits per heavy atom. The summed E-state index contributed by atoms with van der Waals surface area (Å²) in [6.45, 7) is 0. The Kier molecular flexibility index (Phi) is 3.08. The zero-order valence-corrected chi connectivity index (χ0v) is 7.71. The minimum absolute atomic E-state index is 0.185. The van der Waals surface area contributed by atoms with E-state index in [1.807, 2.05) is 0 Å². The number of hydrogen-bond donors (Lipinski definition) is 3. The standard InChI is InChI=1S/C9H10O6/c10-6(11)3-4-1-2-5(8(12)13)7(4)9(14)15/h2,4,7H,1,3H2,(H,10,11)(H,12,13)(H,14,15). The van der Waals surface area contributed by atoms with Gasteiger partial charge >= 0.3 is 17.9 Å². The van der Waals surface area contributed by atoms with Crippen LogP contribution >= 0.6 is 0 Å². The molecule has 6 heteroatoms. The first-order valence-electron chi connectivity index (χ1n) is 4.31. The van der Waals surface area contributed by atoms with Gasteiger partial charge in [0.05, 0.1) is 5.92 Å². The zero-order chi connectivity index (χ0) is 11.6. The first-order valence-corrected chi connectivity index (χ1v) is 4.31. The highest BCUT2D eigenvalue weighted by molar-refractivity contribution is 5.95. The van der Waals surface area contributed by atoms with E-state index >= 15 is 0 Å². The van der Waals surface area contributed by atoms with Crippen LogP contribution in [-0.2, 0) is 14.4 Å². The summed E-state index contributed by atoms with van der Waals surface area (Å²) in [5.41, 5.74) is -0.214. The summed E-state index contributed by atoms with van der Waals surface area (Å²) in [5.74, 6) is -5.57. The van der Waals surface area contributed by atoms with E-state index in [9.17, 15) is 14.4 Å². The van der Waals surface area contributed by atoms with Crippen molar-refractivity contribution in [3.63, 3.8) is 0 Å². The molecule has 0 spiro atoms. The molecule has 6 nitrogen and oxygen atoms in total. The minimum atomic E-state index is -1.30. The van der Waals surface area contributed by atoms with E-state index in [4.69, 9.17) is 15.3 Å². The lowest BCUT2D eigenvalue weighted by Gasteiger charge is -2.14. The molecule has 82 valence electrons. The molecule has 0 aromatic heterocycles. The Hall–Kier alpha value is -1.85. The molecule has 0 aromatic rings. The fourth-order valence-corrected chi connectivity index (χ4v) is 1.78. The maximum Gasteiger partial charge on any atom is 0.332 e. The second kappa shape index (κ2) is 4.12. The van der Waals surface area contributed by atoms with E-state index in [0.717, 1.165) is 0 Å². The molecule has 0 aliphatic heterocycles. The van der Waals surface area contributed by atoms with Crippen molar-refractivity contribution in [2.75, 3.05) is 0 Å². The summed E-state index contributed by atoms with van der Waals surface area (Å²) in [7, 11) is 0. The molecule has 15 heavy (non-hydrogen) atoms.